The van der Waals surface area contributed by atoms with Crippen LogP contribution in [0.3, 0.4) is 0 Å². The van der Waals surface area contributed by atoms with Gasteiger partial charge >= 0.3 is 0 Å². The van der Waals surface area contributed by atoms with Crippen LogP contribution in [0.15, 0.2) is 50.0 Å². The average Bonchev–Trinajstić information content (AvgIpc) is 2.98. The summed E-state index contributed by atoms with van der Waals surface area (Å²) in [4.78, 5) is 12.2. The van der Waals surface area contributed by atoms with Crippen molar-refractivity contribution in [2.75, 3.05) is 23.1 Å². The molecule has 0 saturated carbocycles. The van der Waals surface area contributed by atoms with E-state index in [2.05, 4.69) is 22.1 Å². The minimum absolute atomic E-state index is 0.168. The summed E-state index contributed by atoms with van der Waals surface area (Å²) in [5.41, 5.74) is 1.51. The van der Waals surface area contributed by atoms with Gasteiger partial charge in [-0.3, -0.25) is 4.79 Å². The molecule has 1 aromatic heterocycles. The number of nitrogens with one attached hydrogen (secondary N) is 1. The molecule has 6 nitrogen and oxygen atoms in total. The number of rotatable bonds is 8. The number of carbonyl (C=O) groups excluding carboxylic acids is 1. The molecule has 0 saturated heterocycles. The van der Waals surface area contributed by atoms with Crippen LogP contribution in [0.1, 0.15) is 6.92 Å². The van der Waals surface area contributed by atoms with Crippen molar-refractivity contribution in [3.8, 4) is 0 Å². The zero-order chi connectivity index (χ0) is 18.4. The average molecular weight is 416 g/mol. The second kappa shape index (κ2) is 8.84. The lowest BCUT2D eigenvalue weighted by molar-refractivity contribution is -0.113. The van der Waals surface area contributed by atoms with E-state index in [4.69, 9.17) is 0 Å². The van der Waals surface area contributed by atoms with Gasteiger partial charge in [-0.25, -0.2) is 8.42 Å². The van der Waals surface area contributed by atoms with Crippen molar-refractivity contribution in [2.45, 2.75) is 20.5 Å². The van der Waals surface area contributed by atoms with Crippen LogP contribution in [0, 0.1) is 0 Å². The molecule has 0 atom stereocenters. The lowest BCUT2D eigenvalue weighted by atomic mass is 10.3. The summed E-state index contributed by atoms with van der Waals surface area (Å²) < 4.78 is 24.6. The van der Waals surface area contributed by atoms with Gasteiger partial charge in [-0.2, -0.15) is 0 Å². The highest BCUT2D eigenvalue weighted by molar-refractivity contribution is 8.03. The highest BCUT2D eigenvalue weighted by Gasteiger charge is 2.11. The Kier molecular flexibility index (Phi) is 7.05. The van der Waals surface area contributed by atoms with E-state index in [0.29, 0.717) is 10.0 Å². The number of hydrogen-bond acceptors (Lipinski definition) is 8. The Balaban J connectivity index is 1.88. The molecular formula is C15H17N3O3S4. The van der Waals surface area contributed by atoms with Gasteiger partial charge in [0.2, 0.25) is 5.91 Å². The van der Waals surface area contributed by atoms with E-state index < -0.39 is 9.84 Å². The summed E-state index contributed by atoms with van der Waals surface area (Å²) in [7, 11) is -3.31. The van der Waals surface area contributed by atoms with Crippen LogP contribution >= 0.6 is 34.9 Å². The van der Waals surface area contributed by atoms with Crippen molar-refractivity contribution in [3.05, 3.63) is 36.4 Å². The zero-order valence-corrected chi connectivity index (χ0v) is 16.9. The summed E-state index contributed by atoms with van der Waals surface area (Å²) >= 11 is 4.29. The molecule has 0 aliphatic heterocycles. The Morgan fingerprint density at radius 1 is 1.24 bits per heavy atom. The van der Waals surface area contributed by atoms with Gasteiger partial charge in [0.1, 0.15) is 0 Å². The minimum Gasteiger partial charge on any atom is -0.325 e. The normalized spacial score (nSPS) is 11.3. The van der Waals surface area contributed by atoms with Crippen LogP contribution < -0.4 is 5.32 Å². The second-order valence-electron chi connectivity index (χ2n) is 5.22. The Hall–Kier alpha value is -1.36. The maximum absolute atomic E-state index is 12.0. The van der Waals surface area contributed by atoms with Gasteiger partial charge in [0.25, 0.3) is 0 Å². The van der Waals surface area contributed by atoms with Gasteiger partial charge in [0, 0.05) is 17.7 Å². The van der Waals surface area contributed by atoms with E-state index in [1.807, 2.05) is 6.92 Å². The molecular weight excluding hydrogens is 398 g/mol. The Bertz CT molecular complexity index is 878. The van der Waals surface area contributed by atoms with Gasteiger partial charge in [0.15, 0.2) is 18.5 Å². The van der Waals surface area contributed by atoms with E-state index in [0.717, 1.165) is 21.9 Å². The third-order valence-corrected chi connectivity index (χ3v) is 7.23. The molecule has 0 aliphatic carbocycles. The maximum atomic E-state index is 12.0. The maximum Gasteiger partial charge on any atom is 0.234 e. The SMILES string of the molecule is C=C(C)CSc1nnc(SCC(=O)Nc2cccc(S(C)(=O)=O)c2)s1. The van der Waals surface area contributed by atoms with E-state index in [-0.39, 0.29) is 16.6 Å². The number of nitrogens with zero attached hydrogens (tertiary/aromatic N) is 2. The van der Waals surface area contributed by atoms with Gasteiger partial charge in [-0.1, -0.05) is 53.1 Å². The van der Waals surface area contributed by atoms with Crippen molar-refractivity contribution in [3.63, 3.8) is 0 Å². The molecule has 1 heterocycles. The van der Waals surface area contributed by atoms with Crippen molar-refractivity contribution < 1.29 is 13.2 Å². The second-order valence-corrected chi connectivity index (χ2v) is 10.7. The van der Waals surface area contributed by atoms with Crippen molar-refractivity contribution >= 4 is 56.3 Å². The largest absolute Gasteiger partial charge is 0.325 e. The van der Waals surface area contributed by atoms with Crippen molar-refractivity contribution in [1.82, 2.24) is 10.2 Å². The van der Waals surface area contributed by atoms with Gasteiger partial charge in [-0.05, 0) is 25.1 Å². The highest BCUT2D eigenvalue weighted by atomic mass is 32.2. The number of thioether (sulfide) groups is 2. The molecule has 0 fully saturated rings. The third kappa shape index (κ3) is 6.81. The zero-order valence-electron chi connectivity index (χ0n) is 13.7. The first kappa shape index (κ1) is 20.0. The highest BCUT2D eigenvalue weighted by Crippen LogP contribution is 2.29. The van der Waals surface area contributed by atoms with Crippen LogP contribution in [-0.2, 0) is 14.6 Å². The fourth-order valence-corrected chi connectivity index (χ4v) is 4.96. The molecule has 1 aromatic carbocycles. The Morgan fingerprint density at radius 3 is 2.48 bits per heavy atom. The predicted molar refractivity (Wildman–Crippen MR) is 104 cm³/mol. The molecule has 25 heavy (non-hydrogen) atoms. The Labute approximate surface area is 159 Å². The van der Waals surface area contributed by atoms with E-state index in [1.54, 1.807) is 23.9 Å². The molecule has 2 rings (SSSR count). The van der Waals surface area contributed by atoms with E-state index in [1.165, 1.54) is 35.2 Å². The quantitative estimate of drug-likeness (QED) is 0.522. The number of benzene rings is 1. The summed E-state index contributed by atoms with van der Waals surface area (Å²) in [5, 5.41) is 10.8. The van der Waals surface area contributed by atoms with E-state index in [9.17, 15) is 13.2 Å². The number of carbonyl (C=O) groups is 1. The lowest BCUT2D eigenvalue weighted by Crippen LogP contribution is -2.14. The standard InChI is InChI=1S/C15H17N3O3S4/c1-10(2)8-22-14-17-18-15(24-14)23-9-13(19)16-11-5-4-6-12(7-11)25(3,20)21/h4-7H,1,8-9H2,2-3H3,(H,16,19). The summed E-state index contributed by atoms with van der Waals surface area (Å²) in [6.45, 7) is 5.79. The van der Waals surface area contributed by atoms with Gasteiger partial charge in [-0.15, -0.1) is 10.2 Å². The third-order valence-electron chi connectivity index (χ3n) is 2.70. The molecule has 0 unspecified atom stereocenters. The van der Waals surface area contributed by atoms with Crippen LogP contribution in [0.25, 0.3) is 0 Å². The number of sulfone groups is 1. The van der Waals surface area contributed by atoms with Crippen molar-refractivity contribution in [2.24, 2.45) is 0 Å². The first-order valence-electron chi connectivity index (χ1n) is 7.07. The molecule has 10 heteroatoms. The summed E-state index contributed by atoms with van der Waals surface area (Å²) in [6.07, 6.45) is 1.13. The van der Waals surface area contributed by atoms with E-state index >= 15 is 0 Å². The fourth-order valence-electron chi connectivity index (χ4n) is 1.63. The minimum atomic E-state index is -3.31. The first-order valence-corrected chi connectivity index (χ1v) is 11.8. The molecule has 134 valence electrons. The molecule has 2 aromatic rings. The topological polar surface area (TPSA) is 89.0 Å². The molecule has 0 radical (unpaired) electrons. The smallest absolute Gasteiger partial charge is 0.234 e. The van der Waals surface area contributed by atoms with Gasteiger partial charge < -0.3 is 5.32 Å². The van der Waals surface area contributed by atoms with Crippen molar-refractivity contribution in [1.29, 1.82) is 0 Å². The fraction of sp³-hybridized carbons (Fsp3) is 0.267. The number of aromatic nitrogens is 2. The number of amides is 1. The predicted octanol–water partition coefficient (Wildman–Crippen LogP) is 3.34. The summed E-state index contributed by atoms with van der Waals surface area (Å²) in [6, 6.07) is 6.17. The van der Waals surface area contributed by atoms with Crippen LogP contribution in [-0.4, -0.2) is 42.3 Å². The Morgan fingerprint density at radius 2 is 1.88 bits per heavy atom. The molecule has 0 aliphatic rings. The monoisotopic (exact) mass is 415 g/mol. The summed E-state index contributed by atoms with van der Waals surface area (Å²) in [5.74, 6) is 0.723. The number of anilines is 1. The van der Waals surface area contributed by atoms with Crippen LogP contribution in [0.2, 0.25) is 0 Å². The van der Waals surface area contributed by atoms with Crippen LogP contribution in [0.5, 0.6) is 0 Å². The molecule has 0 bridgehead atoms. The molecule has 1 N–H and O–H groups in total. The number of hydrogen-bond donors (Lipinski definition) is 1. The lowest BCUT2D eigenvalue weighted by Gasteiger charge is -2.06. The molecule has 1 amide bonds. The molecule has 0 spiro atoms. The first-order chi connectivity index (χ1) is 11.7. The van der Waals surface area contributed by atoms with Gasteiger partial charge in [0.05, 0.1) is 10.6 Å². The van der Waals surface area contributed by atoms with Crippen LogP contribution in [0.4, 0.5) is 5.69 Å².